The third-order valence-corrected chi connectivity index (χ3v) is 3.89. The van der Waals surface area contributed by atoms with Gasteiger partial charge in [-0.2, -0.15) is 0 Å². The molecular weight excluding hydrogens is 282 g/mol. The van der Waals surface area contributed by atoms with Gasteiger partial charge in [-0.1, -0.05) is 6.07 Å². The third kappa shape index (κ3) is 4.79. The quantitative estimate of drug-likeness (QED) is 0.874. The average Bonchev–Trinajstić information content (AvgIpc) is 2.46. The number of aryl methyl sites for hydroxylation is 1. The molecule has 0 spiro atoms. The van der Waals surface area contributed by atoms with Crippen LogP contribution in [0, 0.1) is 6.92 Å². The van der Waals surface area contributed by atoms with Crippen molar-refractivity contribution in [2.45, 2.75) is 17.6 Å². The number of aromatic nitrogens is 1. The fourth-order valence-corrected chi connectivity index (χ4v) is 2.51. The first-order chi connectivity index (χ1) is 10.0. The molecule has 1 aromatic heterocycles. The lowest BCUT2D eigenvalue weighted by atomic mass is 10.3. The predicted molar refractivity (Wildman–Crippen MR) is 87.7 cm³/mol. The summed E-state index contributed by atoms with van der Waals surface area (Å²) in [7, 11) is 3.43. The van der Waals surface area contributed by atoms with Crippen molar-refractivity contribution in [3.05, 3.63) is 53.9 Å². The van der Waals surface area contributed by atoms with Crippen LogP contribution >= 0.6 is 11.8 Å². The van der Waals surface area contributed by atoms with Crippen LogP contribution in [-0.2, 0) is 5.75 Å². The molecule has 0 fully saturated rings. The van der Waals surface area contributed by atoms with Gasteiger partial charge in [0.05, 0.1) is 5.69 Å². The molecule has 21 heavy (non-hydrogen) atoms. The maximum atomic E-state index is 11.5. The number of nitrogens with one attached hydrogen (secondary N) is 1. The summed E-state index contributed by atoms with van der Waals surface area (Å²) in [5.41, 5.74) is 2.91. The number of urea groups is 1. The number of thioether (sulfide) groups is 1. The molecule has 2 amide bonds. The number of hydrogen-bond acceptors (Lipinski definition) is 3. The Hall–Kier alpha value is -2.01. The number of amides is 2. The van der Waals surface area contributed by atoms with Crippen LogP contribution in [0.15, 0.2) is 47.4 Å². The smallest absolute Gasteiger partial charge is 0.321 e. The Morgan fingerprint density at radius 1 is 1.19 bits per heavy atom. The lowest BCUT2D eigenvalue weighted by Crippen LogP contribution is -2.27. The SMILES string of the molecule is Cc1cccc(CSc2ccc(NC(=O)N(C)C)cc2)n1. The highest BCUT2D eigenvalue weighted by Crippen LogP contribution is 2.23. The number of hydrogen-bond donors (Lipinski definition) is 1. The molecule has 0 aliphatic carbocycles. The van der Waals surface area contributed by atoms with Crippen LogP contribution in [0.3, 0.4) is 0 Å². The van der Waals surface area contributed by atoms with Crippen molar-refractivity contribution in [3.8, 4) is 0 Å². The monoisotopic (exact) mass is 301 g/mol. The summed E-state index contributed by atoms with van der Waals surface area (Å²) in [6.45, 7) is 2.00. The molecule has 4 nitrogen and oxygen atoms in total. The summed E-state index contributed by atoms with van der Waals surface area (Å²) in [6, 6.07) is 13.8. The van der Waals surface area contributed by atoms with Gasteiger partial charge in [-0.3, -0.25) is 4.98 Å². The summed E-state index contributed by atoms with van der Waals surface area (Å²) in [5, 5.41) is 2.82. The van der Waals surface area contributed by atoms with E-state index in [1.807, 2.05) is 49.4 Å². The summed E-state index contributed by atoms with van der Waals surface area (Å²) in [4.78, 5) is 18.7. The van der Waals surface area contributed by atoms with Crippen molar-refractivity contribution in [3.63, 3.8) is 0 Å². The summed E-state index contributed by atoms with van der Waals surface area (Å²) in [6.07, 6.45) is 0. The molecule has 5 heteroatoms. The summed E-state index contributed by atoms with van der Waals surface area (Å²) in [5.74, 6) is 0.838. The van der Waals surface area contributed by atoms with E-state index in [-0.39, 0.29) is 6.03 Å². The van der Waals surface area contributed by atoms with Gasteiger partial charge in [0.2, 0.25) is 0 Å². The first-order valence-corrected chi connectivity index (χ1v) is 7.67. The minimum absolute atomic E-state index is 0.126. The van der Waals surface area contributed by atoms with E-state index >= 15 is 0 Å². The lowest BCUT2D eigenvalue weighted by Gasteiger charge is -2.12. The lowest BCUT2D eigenvalue weighted by molar-refractivity contribution is 0.230. The molecule has 2 rings (SSSR count). The summed E-state index contributed by atoms with van der Waals surface area (Å²) >= 11 is 1.73. The van der Waals surface area contributed by atoms with Gasteiger partial charge in [0.25, 0.3) is 0 Å². The van der Waals surface area contributed by atoms with Crippen molar-refractivity contribution < 1.29 is 4.79 Å². The molecule has 0 saturated heterocycles. The molecule has 1 aromatic carbocycles. The van der Waals surface area contributed by atoms with E-state index in [2.05, 4.69) is 10.3 Å². The Morgan fingerprint density at radius 2 is 1.90 bits per heavy atom. The average molecular weight is 301 g/mol. The van der Waals surface area contributed by atoms with Gasteiger partial charge in [0.15, 0.2) is 0 Å². The Labute approximate surface area is 129 Å². The topological polar surface area (TPSA) is 45.2 Å². The van der Waals surface area contributed by atoms with E-state index in [9.17, 15) is 4.79 Å². The highest BCUT2D eigenvalue weighted by Gasteiger charge is 2.04. The van der Waals surface area contributed by atoms with E-state index in [0.29, 0.717) is 0 Å². The van der Waals surface area contributed by atoms with Crippen LogP contribution in [0.4, 0.5) is 10.5 Å². The van der Waals surface area contributed by atoms with Crippen molar-refractivity contribution >= 4 is 23.5 Å². The van der Waals surface area contributed by atoms with Gasteiger partial charge in [0, 0.05) is 36.1 Å². The Kier molecular flexibility index (Phi) is 5.22. The van der Waals surface area contributed by atoms with Gasteiger partial charge in [-0.25, -0.2) is 4.79 Å². The van der Waals surface area contributed by atoms with Crippen LogP contribution in [0.25, 0.3) is 0 Å². The van der Waals surface area contributed by atoms with E-state index < -0.39 is 0 Å². The van der Waals surface area contributed by atoms with Crippen LogP contribution in [0.5, 0.6) is 0 Å². The number of nitrogens with zero attached hydrogens (tertiary/aromatic N) is 2. The minimum Gasteiger partial charge on any atom is -0.331 e. The molecule has 0 aliphatic heterocycles. The molecule has 0 saturated carbocycles. The normalized spacial score (nSPS) is 10.2. The molecule has 0 atom stereocenters. The second-order valence-electron chi connectivity index (χ2n) is 4.91. The molecule has 0 unspecified atom stereocenters. The molecule has 2 aromatic rings. The fraction of sp³-hybridized carbons (Fsp3) is 0.250. The Balaban J connectivity index is 1.92. The molecule has 0 bridgehead atoms. The number of carbonyl (C=O) groups is 1. The number of carbonyl (C=O) groups excluding carboxylic acids is 1. The molecule has 1 heterocycles. The van der Waals surface area contributed by atoms with Gasteiger partial charge in [0.1, 0.15) is 0 Å². The van der Waals surface area contributed by atoms with Crippen molar-refractivity contribution in [2.75, 3.05) is 19.4 Å². The maximum absolute atomic E-state index is 11.5. The summed E-state index contributed by atoms with van der Waals surface area (Å²) < 4.78 is 0. The predicted octanol–water partition coefficient (Wildman–Crippen LogP) is 3.78. The van der Waals surface area contributed by atoms with Crippen LogP contribution < -0.4 is 5.32 Å². The van der Waals surface area contributed by atoms with Crippen molar-refractivity contribution in [1.29, 1.82) is 0 Å². The maximum Gasteiger partial charge on any atom is 0.321 e. The van der Waals surface area contributed by atoms with Crippen molar-refractivity contribution in [1.82, 2.24) is 9.88 Å². The number of benzene rings is 1. The number of anilines is 1. The second-order valence-corrected chi connectivity index (χ2v) is 5.96. The number of pyridine rings is 1. The molecule has 110 valence electrons. The zero-order valence-electron chi connectivity index (χ0n) is 12.5. The largest absolute Gasteiger partial charge is 0.331 e. The zero-order chi connectivity index (χ0) is 15.2. The first-order valence-electron chi connectivity index (χ1n) is 6.68. The van der Waals surface area contributed by atoms with Crippen molar-refractivity contribution in [2.24, 2.45) is 0 Å². The standard InChI is InChI=1S/C16H19N3OS/c1-12-5-4-6-14(17-12)11-21-15-9-7-13(8-10-15)18-16(20)19(2)3/h4-10H,11H2,1-3H3,(H,18,20). The van der Waals surface area contributed by atoms with E-state index in [0.717, 1.165) is 27.7 Å². The van der Waals surface area contributed by atoms with Gasteiger partial charge < -0.3 is 10.2 Å². The number of rotatable bonds is 4. The van der Waals surface area contributed by atoms with Gasteiger partial charge >= 0.3 is 6.03 Å². The molecule has 0 radical (unpaired) electrons. The third-order valence-electron chi connectivity index (χ3n) is 2.84. The van der Waals surface area contributed by atoms with Crippen LogP contribution in [0.1, 0.15) is 11.4 Å². The fourth-order valence-electron chi connectivity index (χ4n) is 1.71. The van der Waals surface area contributed by atoms with Gasteiger partial charge in [-0.05, 0) is 43.3 Å². The van der Waals surface area contributed by atoms with Gasteiger partial charge in [-0.15, -0.1) is 11.8 Å². The zero-order valence-corrected chi connectivity index (χ0v) is 13.3. The molecular formula is C16H19N3OS. The molecule has 0 aliphatic rings. The van der Waals surface area contributed by atoms with E-state index in [4.69, 9.17) is 0 Å². The minimum atomic E-state index is -0.126. The second kappa shape index (κ2) is 7.13. The molecule has 1 N–H and O–H groups in total. The highest BCUT2D eigenvalue weighted by molar-refractivity contribution is 7.98. The highest BCUT2D eigenvalue weighted by atomic mass is 32.2. The Morgan fingerprint density at radius 3 is 2.52 bits per heavy atom. The first kappa shape index (κ1) is 15.4. The van der Waals surface area contributed by atoms with E-state index in [1.54, 1.807) is 25.9 Å². The van der Waals surface area contributed by atoms with Crippen LogP contribution in [-0.4, -0.2) is 30.0 Å². The van der Waals surface area contributed by atoms with Crippen LogP contribution in [0.2, 0.25) is 0 Å². The van der Waals surface area contributed by atoms with E-state index in [1.165, 1.54) is 4.90 Å². The Bertz CT molecular complexity index is 611.